The number of fused-ring (bicyclic) bond motifs is 5. The first-order valence-electron chi connectivity index (χ1n) is 14.7. The lowest BCUT2D eigenvalue weighted by atomic mass is 9.43. The molecule has 0 aromatic rings. The van der Waals surface area contributed by atoms with Gasteiger partial charge in [-0.25, -0.2) is 4.79 Å². The van der Waals surface area contributed by atoms with Crippen LogP contribution in [0.5, 0.6) is 0 Å². The molecule has 4 aliphatic carbocycles. The maximum Gasteiger partial charge on any atom is 0.326 e. The third kappa shape index (κ3) is 5.20. The van der Waals surface area contributed by atoms with Gasteiger partial charge in [-0.3, -0.25) is 4.79 Å². The lowest BCUT2D eigenvalue weighted by Gasteiger charge is -2.63. The van der Waals surface area contributed by atoms with Crippen molar-refractivity contribution >= 4 is 11.9 Å². The van der Waals surface area contributed by atoms with Crippen molar-refractivity contribution in [2.24, 2.45) is 52.1 Å². The first-order valence-corrected chi connectivity index (χ1v) is 14.7. The molecular formula is C29H50N2O6. The zero-order valence-corrected chi connectivity index (χ0v) is 22.9. The molecule has 0 aromatic carbocycles. The summed E-state index contributed by atoms with van der Waals surface area (Å²) in [5.41, 5.74) is 5.51. The van der Waals surface area contributed by atoms with Gasteiger partial charge in [0.05, 0.1) is 18.3 Å². The second kappa shape index (κ2) is 11.1. The smallest absolute Gasteiger partial charge is 0.326 e. The number of rotatable bonds is 9. The van der Waals surface area contributed by atoms with E-state index in [2.05, 4.69) is 26.1 Å². The van der Waals surface area contributed by atoms with Crippen LogP contribution in [-0.2, 0) is 9.59 Å². The van der Waals surface area contributed by atoms with Crippen LogP contribution < -0.4 is 11.1 Å². The zero-order valence-electron chi connectivity index (χ0n) is 22.9. The number of hydrogen-bond acceptors (Lipinski definition) is 6. The summed E-state index contributed by atoms with van der Waals surface area (Å²) in [6.45, 7) is 7.28. The molecule has 0 aliphatic heterocycles. The average Bonchev–Trinajstić information content (AvgIpc) is 3.21. The Balaban J connectivity index is 1.42. The van der Waals surface area contributed by atoms with Crippen molar-refractivity contribution in [1.82, 2.24) is 5.32 Å². The van der Waals surface area contributed by atoms with Gasteiger partial charge < -0.3 is 31.5 Å². The molecule has 0 aromatic heterocycles. The first kappa shape index (κ1) is 28.8. The van der Waals surface area contributed by atoms with Crippen molar-refractivity contribution in [1.29, 1.82) is 0 Å². The third-order valence-corrected chi connectivity index (χ3v) is 11.6. The number of hydrogen-bond donors (Lipinski definition) is 6. The molecule has 4 fully saturated rings. The molecule has 0 heterocycles. The highest BCUT2D eigenvalue weighted by Crippen LogP contribution is 2.68. The highest BCUT2D eigenvalue weighted by Gasteiger charge is 2.65. The summed E-state index contributed by atoms with van der Waals surface area (Å²) < 4.78 is 0. The maximum atomic E-state index is 12.6. The quantitative estimate of drug-likeness (QED) is 0.272. The van der Waals surface area contributed by atoms with E-state index in [-0.39, 0.29) is 34.7 Å². The van der Waals surface area contributed by atoms with Gasteiger partial charge in [-0.15, -0.1) is 0 Å². The van der Waals surface area contributed by atoms with Crippen molar-refractivity contribution in [3.05, 3.63) is 0 Å². The van der Waals surface area contributed by atoms with E-state index in [1.54, 1.807) is 0 Å². The predicted octanol–water partition coefficient (Wildman–Crippen LogP) is 2.67. The molecule has 12 unspecified atom stereocenters. The van der Waals surface area contributed by atoms with Crippen molar-refractivity contribution in [2.45, 2.75) is 116 Å². The number of aliphatic hydroxyl groups is 3. The van der Waals surface area contributed by atoms with E-state index in [1.165, 1.54) is 0 Å². The van der Waals surface area contributed by atoms with Crippen LogP contribution in [0.2, 0.25) is 0 Å². The number of aliphatic hydroxyl groups excluding tert-OH is 3. The highest BCUT2D eigenvalue weighted by atomic mass is 16.4. The minimum Gasteiger partial charge on any atom is -0.480 e. The topological polar surface area (TPSA) is 153 Å². The minimum atomic E-state index is -1.02. The van der Waals surface area contributed by atoms with Crippen LogP contribution in [0.4, 0.5) is 0 Å². The normalized spacial score (nSPS) is 44.7. The Morgan fingerprint density at radius 3 is 2.30 bits per heavy atom. The van der Waals surface area contributed by atoms with Crippen molar-refractivity contribution in [2.75, 3.05) is 6.54 Å². The summed E-state index contributed by atoms with van der Waals surface area (Å²) in [5.74, 6) is 0.233. The number of aliphatic carboxylic acids is 1. The standard InChI is InChI=1S/C29H50N2O6/c1-16(6-9-23(33)31-22(27(36)37)5-4-14-30)18-7-8-19-24-20(11-13-28(18,19)2)29(3)12-10-17(32)15-21(29)25(34)26(24)35/h16-22,24-26,32,34-35H,4-15,30H2,1-3H3,(H,31,33)(H,36,37). The fourth-order valence-electron chi connectivity index (χ4n) is 9.62. The lowest BCUT2D eigenvalue weighted by molar-refractivity contribution is -0.223. The molecule has 4 aliphatic rings. The van der Waals surface area contributed by atoms with Crippen LogP contribution in [0, 0.1) is 46.3 Å². The molecular weight excluding hydrogens is 472 g/mol. The number of carbonyl (C=O) groups excluding carboxylic acids is 1. The van der Waals surface area contributed by atoms with E-state index in [1.807, 2.05) is 0 Å². The second-order valence-electron chi connectivity index (χ2n) is 13.4. The van der Waals surface area contributed by atoms with Crippen LogP contribution in [-0.4, -0.2) is 63.2 Å². The Morgan fingerprint density at radius 1 is 0.946 bits per heavy atom. The van der Waals surface area contributed by atoms with Crippen molar-refractivity contribution in [3.63, 3.8) is 0 Å². The fraction of sp³-hybridized carbons (Fsp3) is 0.931. The van der Waals surface area contributed by atoms with Crippen molar-refractivity contribution < 1.29 is 30.0 Å². The number of nitrogens with one attached hydrogen (secondary N) is 1. The summed E-state index contributed by atoms with van der Waals surface area (Å²) in [7, 11) is 0. The van der Waals surface area contributed by atoms with Crippen LogP contribution in [0.1, 0.15) is 91.4 Å². The van der Waals surface area contributed by atoms with E-state index < -0.39 is 24.2 Å². The molecule has 4 saturated carbocycles. The van der Waals surface area contributed by atoms with Gasteiger partial charge in [0.1, 0.15) is 6.04 Å². The van der Waals surface area contributed by atoms with Gasteiger partial charge >= 0.3 is 5.97 Å². The molecule has 0 saturated heterocycles. The van der Waals surface area contributed by atoms with Crippen LogP contribution in [0.25, 0.3) is 0 Å². The molecule has 7 N–H and O–H groups in total. The molecule has 37 heavy (non-hydrogen) atoms. The molecule has 4 rings (SSSR count). The molecule has 12 atom stereocenters. The Labute approximate surface area is 221 Å². The predicted molar refractivity (Wildman–Crippen MR) is 140 cm³/mol. The zero-order chi connectivity index (χ0) is 27.1. The monoisotopic (exact) mass is 522 g/mol. The highest BCUT2D eigenvalue weighted by molar-refractivity contribution is 5.83. The Hall–Kier alpha value is -1.22. The SMILES string of the molecule is CC(CCC(=O)NC(CCCN)C(=O)O)C1CCC2C3C(O)C(O)C4CC(O)CCC4(C)C3CCC12C. The van der Waals surface area contributed by atoms with Crippen LogP contribution in [0.3, 0.4) is 0 Å². The molecule has 1 amide bonds. The van der Waals surface area contributed by atoms with E-state index in [9.17, 15) is 30.0 Å². The number of carboxylic acid groups (broad SMARTS) is 1. The van der Waals surface area contributed by atoms with Gasteiger partial charge in [0.25, 0.3) is 0 Å². The van der Waals surface area contributed by atoms with E-state index in [0.29, 0.717) is 62.3 Å². The van der Waals surface area contributed by atoms with Gasteiger partial charge in [-0.2, -0.15) is 0 Å². The van der Waals surface area contributed by atoms with E-state index in [4.69, 9.17) is 5.73 Å². The Bertz CT molecular complexity index is 839. The molecule has 8 heteroatoms. The number of carbonyl (C=O) groups is 2. The summed E-state index contributed by atoms with van der Waals surface area (Å²) in [6, 6.07) is -0.889. The summed E-state index contributed by atoms with van der Waals surface area (Å²) >= 11 is 0. The molecule has 0 radical (unpaired) electrons. The largest absolute Gasteiger partial charge is 0.480 e. The summed E-state index contributed by atoms with van der Waals surface area (Å²) in [4.78, 5) is 24.1. The number of carboxylic acids is 1. The van der Waals surface area contributed by atoms with E-state index >= 15 is 0 Å². The lowest BCUT2D eigenvalue weighted by Crippen LogP contribution is -2.64. The van der Waals surface area contributed by atoms with Gasteiger partial charge in [0.15, 0.2) is 0 Å². The molecule has 0 bridgehead atoms. The first-order chi connectivity index (χ1) is 17.4. The fourth-order valence-corrected chi connectivity index (χ4v) is 9.62. The van der Waals surface area contributed by atoms with Gasteiger partial charge in [0, 0.05) is 6.42 Å². The van der Waals surface area contributed by atoms with Gasteiger partial charge in [-0.1, -0.05) is 20.8 Å². The summed E-state index contributed by atoms with van der Waals surface area (Å²) in [5, 5.41) is 45.0. The Kier molecular flexibility index (Phi) is 8.64. The van der Waals surface area contributed by atoms with Gasteiger partial charge in [-0.05, 0) is 117 Å². The molecule has 0 spiro atoms. The van der Waals surface area contributed by atoms with Crippen LogP contribution in [0.15, 0.2) is 0 Å². The average molecular weight is 523 g/mol. The minimum absolute atomic E-state index is 0.0454. The van der Waals surface area contributed by atoms with Crippen LogP contribution >= 0.6 is 0 Å². The molecule has 212 valence electrons. The van der Waals surface area contributed by atoms with E-state index in [0.717, 1.165) is 38.5 Å². The van der Waals surface area contributed by atoms with Gasteiger partial charge in [0.2, 0.25) is 5.91 Å². The second-order valence-corrected chi connectivity index (χ2v) is 13.4. The third-order valence-electron chi connectivity index (χ3n) is 11.6. The maximum absolute atomic E-state index is 12.6. The number of nitrogens with two attached hydrogens (primary N) is 1. The molecule has 8 nitrogen and oxygen atoms in total. The van der Waals surface area contributed by atoms with Crippen molar-refractivity contribution in [3.8, 4) is 0 Å². The Morgan fingerprint density at radius 2 is 1.62 bits per heavy atom. The summed E-state index contributed by atoms with van der Waals surface area (Å²) in [6.07, 6.45) is 6.47. The number of amides is 1.